The summed E-state index contributed by atoms with van der Waals surface area (Å²) in [7, 11) is 1.54. The molecule has 0 radical (unpaired) electrons. The molecule has 7 heteroatoms. The molecule has 0 aromatic carbocycles. The summed E-state index contributed by atoms with van der Waals surface area (Å²) < 4.78 is 5.54. The molecule has 30 heavy (non-hydrogen) atoms. The molecule has 0 spiro atoms. The van der Waals surface area contributed by atoms with Crippen LogP contribution < -0.4 is 4.74 Å². The normalized spacial score (nSPS) is 19.7. The van der Waals surface area contributed by atoms with Crippen molar-refractivity contribution in [2.45, 2.75) is 71.6 Å². The van der Waals surface area contributed by atoms with Gasteiger partial charge in [0.2, 0.25) is 5.88 Å². The molecule has 1 aromatic heterocycles. The lowest BCUT2D eigenvalue weighted by Gasteiger charge is -2.29. The number of oxime groups is 1. The first-order valence-corrected chi connectivity index (χ1v) is 10.7. The van der Waals surface area contributed by atoms with Gasteiger partial charge < -0.3 is 14.7 Å². The first-order chi connectivity index (χ1) is 14.4. The Balaban J connectivity index is 2.06. The second-order valence-corrected chi connectivity index (χ2v) is 7.81. The molecule has 1 atom stereocenters. The van der Waals surface area contributed by atoms with Gasteiger partial charge in [-0.05, 0) is 38.7 Å². The number of carbonyl (C=O) groups is 2. The lowest BCUT2D eigenvalue weighted by molar-refractivity contribution is -0.116. The molecule has 0 bridgehead atoms. The van der Waals surface area contributed by atoms with Crippen molar-refractivity contribution in [3.05, 3.63) is 33.7 Å². The molecule has 162 valence electrons. The number of ether oxygens (including phenoxy) is 1. The summed E-state index contributed by atoms with van der Waals surface area (Å²) in [5.74, 6) is 0.0725. The minimum Gasteiger partial charge on any atom is -0.511 e. The lowest BCUT2D eigenvalue weighted by atomic mass is 9.76. The van der Waals surface area contributed by atoms with Crippen LogP contribution in [0.3, 0.4) is 0 Å². The number of aromatic nitrogens is 1. The second kappa shape index (κ2) is 9.41. The number of carbonyl (C=O) groups excluding carboxylic acids is 2. The number of allylic oxidation sites excluding steroid dienone is 2. The van der Waals surface area contributed by atoms with Crippen molar-refractivity contribution in [1.82, 2.24) is 4.98 Å². The zero-order valence-corrected chi connectivity index (χ0v) is 18.2. The Kier molecular flexibility index (Phi) is 6.90. The van der Waals surface area contributed by atoms with E-state index in [2.05, 4.69) is 10.1 Å². The number of fused-ring (bicyclic) bond motifs is 1. The molecule has 7 nitrogen and oxygen atoms in total. The van der Waals surface area contributed by atoms with Gasteiger partial charge in [-0.1, -0.05) is 18.5 Å². The molecule has 1 aromatic rings. The lowest BCUT2D eigenvalue weighted by Crippen LogP contribution is -2.26. The second-order valence-electron chi connectivity index (χ2n) is 7.81. The summed E-state index contributed by atoms with van der Waals surface area (Å²) in [6.45, 7) is 6.02. The van der Waals surface area contributed by atoms with E-state index in [9.17, 15) is 14.7 Å². The molecule has 3 rings (SSSR count). The maximum absolute atomic E-state index is 13.1. The quantitative estimate of drug-likeness (QED) is 0.525. The fourth-order valence-electron chi connectivity index (χ4n) is 4.53. The van der Waals surface area contributed by atoms with Gasteiger partial charge in [-0.2, -0.15) is 0 Å². The van der Waals surface area contributed by atoms with E-state index in [1.54, 1.807) is 7.11 Å². The SMILES string of the molecule is CCCC(=NOCC)C1=C(O)CC(c2c(OC)nc(C)c3c2CCCC3=O)CC1=O. The number of aryl methyl sites for hydroxylation is 1. The number of rotatable bonds is 7. The molecular weight excluding hydrogens is 384 g/mol. The van der Waals surface area contributed by atoms with Gasteiger partial charge in [0.15, 0.2) is 11.6 Å². The van der Waals surface area contributed by atoms with E-state index in [1.165, 1.54) is 0 Å². The van der Waals surface area contributed by atoms with E-state index in [0.717, 1.165) is 30.4 Å². The molecule has 0 saturated carbocycles. The molecule has 0 fully saturated rings. The summed E-state index contributed by atoms with van der Waals surface area (Å²) in [6.07, 6.45) is 3.83. The van der Waals surface area contributed by atoms with Gasteiger partial charge in [-0.15, -0.1) is 0 Å². The summed E-state index contributed by atoms with van der Waals surface area (Å²) in [5.41, 5.74) is 3.78. The zero-order chi connectivity index (χ0) is 21.8. The predicted molar refractivity (Wildman–Crippen MR) is 113 cm³/mol. The average Bonchev–Trinajstić information content (AvgIpc) is 2.71. The molecule has 0 aliphatic heterocycles. The number of pyridine rings is 1. The number of aliphatic hydroxyl groups is 1. The highest BCUT2D eigenvalue weighted by atomic mass is 16.6. The Morgan fingerprint density at radius 3 is 2.60 bits per heavy atom. The van der Waals surface area contributed by atoms with Crippen molar-refractivity contribution in [2.75, 3.05) is 13.7 Å². The first-order valence-electron chi connectivity index (χ1n) is 10.7. The smallest absolute Gasteiger partial charge is 0.217 e. The third-order valence-electron chi connectivity index (χ3n) is 5.72. The summed E-state index contributed by atoms with van der Waals surface area (Å²) in [6, 6.07) is 0. The number of hydrogen-bond donors (Lipinski definition) is 1. The molecular formula is C23H30N2O5. The third kappa shape index (κ3) is 4.11. The van der Waals surface area contributed by atoms with E-state index in [4.69, 9.17) is 9.57 Å². The topological polar surface area (TPSA) is 98.1 Å². The Labute approximate surface area is 177 Å². The van der Waals surface area contributed by atoms with Gasteiger partial charge in [0.25, 0.3) is 0 Å². The number of methoxy groups -OCH3 is 1. The van der Waals surface area contributed by atoms with Crippen LogP contribution in [0.15, 0.2) is 16.5 Å². The molecule has 2 aliphatic carbocycles. The highest BCUT2D eigenvalue weighted by molar-refractivity contribution is 6.23. The minimum atomic E-state index is -0.293. The maximum atomic E-state index is 13.1. The van der Waals surface area contributed by atoms with Crippen LogP contribution in [0.4, 0.5) is 0 Å². The molecule has 1 unspecified atom stereocenters. The van der Waals surface area contributed by atoms with Gasteiger partial charge in [0, 0.05) is 36.3 Å². The van der Waals surface area contributed by atoms with Crippen molar-refractivity contribution >= 4 is 17.3 Å². The Morgan fingerprint density at radius 1 is 1.20 bits per heavy atom. The van der Waals surface area contributed by atoms with E-state index >= 15 is 0 Å². The van der Waals surface area contributed by atoms with Gasteiger partial charge in [-0.3, -0.25) is 9.59 Å². The van der Waals surface area contributed by atoms with Crippen LogP contribution in [0.25, 0.3) is 0 Å². The van der Waals surface area contributed by atoms with Crippen molar-refractivity contribution in [2.24, 2.45) is 5.16 Å². The number of hydrogen-bond acceptors (Lipinski definition) is 7. The van der Waals surface area contributed by atoms with E-state index in [-0.39, 0.29) is 41.7 Å². The van der Waals surface area contributed by atoms with Crippen molar-refractivity contribution in [3.8, 4) is 5.88 Å². The number of Topliss-reactive ketones (excluding diaryl/α,β-unsaturated/α-hetero) is 2. The van der Waals surface area contributed by atoms with Crippen LogP contribution in [0.5, 0.6) is 5.88 Å². The van der Waals surface area contributed by atoms with E-state index in [0.29, 0.717) is 42.3 Å². The Morgan fingerprint density at radius 2 is 1.97 bits per heavy atom. The van der Waals surface area contributed by atoms with Crippen LogP contribution in [0.1, 0.15) is 85.5 Å². The summed E-state index contributed by atoms with van der Waals surface area (Å²) in [4.78, 5) is 35.3. The Hall–Kier alpha value is -2.70. The van der Waals surface area contributed by atoms with Crippen LogP contribution in [0, 0.1) is 6.92 Å². The average molecular weight is 415 g/mol. The summed E-state index contributed by atoms with van der Waals surface area (Å²) in [5, 5.41) is 14.9. The maximum Gasteiger partial charge on any atom is 0.217 e. The Bertz CT molecular complexity index is 917. The van der Waals surface area contributed by atoms with Gasteiger partial charge >= 0.3 is 0 Å². The number of nitrogens with zero attached hydrogens (tertiary/aromatic N) is 2. The standard InChI is InChI=1S/C23H30N2O5/c1-5-8-16(25-30-6-2)22-18(27)11-14(12-19(22)28)21-15-9-7-10-17(26)20(15)13(3)24-23(21)29-4/h14,27H,5-12H2,1-4H3. The minimum absolute atomic E-state index is 0.0154. The molecule has 2 aliphatic rings. The monoisotopic (exact) mass is 414 g/mol. The van der Waals surface area contributed by atoms with Crippen molar-refractivity contribution < 1.29 is 24.3 Å². The third-order valence-corrected chi connectivity index (χ3v) is 5.72. The molecule has 0 amide bonds. The fourth-order valence-corrected chi connectivity index (χ4v) is 4.53. The van der Waals surface area contributed by atoms with E-state index < -0.39 is 0 Å². The van der Waals surface area contributed by atoms with Gasteiger partial charge in [0.1, 0.15) is 12.4 Å². The van der Waals surface area contributed by atoms with Crippen LogP contribution in [0.2, 0.25) is 0 Å². The van der Waals surface area contributed by atoms with Gasteiger partial charge in [-0.25, -0.2) is 4.98 Å². The number of ketones is 2. The van der Waals surface area contributed by atoms with E-state index in [1.807, 2.05) is 20.8 Å². The molecule has 1 N–H and O–H groups in total. The molecule has 0 saturated heterocycles. The highest BCUT2D eigenvalue weighted by Crippen LogP contribution is 2.43. The largest absolute Gasteiger partial charge is 0.511 e. The van der Waals surface area contributed by atoms with Crippen LogP contribution in [-0.4, -0.2) is 41.1 Å². The highest BCUT2D eigenvalue weighted by Gasteiger charge is 2.36. The van der Waals surface area contributed by atoms with Crippen LogP contribution in [-0.2, 0) is 16.1 Å². The van der Waals surface area contributed by atoms with Gasteiger partial charge in [0.05, 0.1) is 24.1 Å². The van der Waals surface area contributed by atoms with Crippen molar-refractivity contribution in [3.63, 3.8) is 0 Å². The van der Waals surface area contributed by atoms with Crippen LogP contribution >= 0.6 is 0 Å². The van der Waals surface area contributed by atoms with Crippen molar-refractivity contribution in [1.29, 1.82) is 0 Å². The zero-order valence-electron chi connectivity index (χ0n) is 18.2. The molecule has 1 heterocycles. The summed E-state index contributed by atoms with van der Waals surface area (Å²) >= 11 is 0. The predicted octanol–water partition coefficient (Wildman–Crippen LogP) is 4.37. The fraction of sp³-hybridized carbons (Fsp3) is 0.565. The first kappa shape index (κ1) is 22.0. The number of aliphatic hydroxyl groups excluding tert-OH is 1.